The van der Waals surface area contributed by atoms with Crippen LogP contribution in [-0.2, 0) is 11.3 Å². The van der Waals surface area contributed by atoms with Gasteiger partial charge in [0.05, 0.1) is 34.0 Å². The number of nitrogens with zero attached hydrogens (tertiary/aromatic N) is 2. The second-order valence-electron chi connectivity index (χ2n) is 6.44. The Morgan fingerprint density at radius 2 is 1.96 bits per heavy atom. The summed E-state index contributed by atoms with van der Waals surface area (Å²) in [5.41, 5.74) is 1.71. The van der Waals surface area contributed by atoms with Gasteiger partial charge < -0.3 is 29.5 Å². The number of aliphatic hydroxyl groups excluding tert-OH is 1. The minimum absolute atomic E-state index is 0.430. The van der Waals surface area contributed by atoms with Crippen molar-refractivity contribution >= 4 is 17.3 Å². The average molecular weight is 381 g/mol. The summed E-state index contributed by atoms with van der Waals surface area (Å²) in [5.74, 6) is 1.42. The van der Waals surface area contributed by atoms with Crippen LogP contribution in [-0.4, -0.2) is 80.2 Å². The fourth-order valence-electron chi connectivity index (χ4n) is 3.49. The highest BCUT2D eigenvalue weighted by molar-refractivity contribution is 7.80. The number of hydrogen-bond acceptors (Lipinski definition) is 6. The van der Waals surface area contributed by atoms with Crippen LogP contribution >= 0.6 is 12.2 Å². The van der Waals surface area contributed by atoms with E-state index in [-0.39, 0.29) is 0 Å². The van der Waals surface area contributed by atoms with Crippen LogP contribution in [0, 0.1) is 0 Å². The normalized spacial score (nSPS) is 20.4. The zero-order valence-electron chi connectivity index (χ0n) is 15.4. The molecule has 2 N–H and O–H groups in total. The fraction of sp³-hybridized carbons (Fsp3) is 0.611. The van der Waals surface area contributed by atoms with Crippen LogP contribution in [0.4, 0.5) is 0 Å². The smallest absolute Gasteiger partial charge is 0.169 e. The Morgan fingerprint density at radius 3 is 2.65 bits per heavy atom. The number of fused-ring (bicyclic) bond motifs is 1. The van der Waals surface area contributed by atoms with Crippen molar-refractivity contribution < 1.29 is 19.3 Å². The highest BCUT2D eigenvalue weighted by Crippen LogP contribution is 2.39. The van der Waals surface area contributed by atoms with E-state index in [9.17, 15) is 5.11 Å². The summed E-state index contributed by atoms with van der Waals surface area (Å²) in [5, 5.41) is 14.6. The molecule has 8 heteroatoms. The monoisotopic (exact) mass is 381 g/mol. The topological polar surface area (TPSA) is 66.4 Å². The van der Waals surface area contributed by atoms with Crippen LogP contribution in [0.2, 0.25) is 0 Å². The van der Waals surface area contributed by atoms with E-state index in [4.69, 9.17) is 26.4 Å². The van der Waals surface area contributed by atoms with E-state index < -0.39 is 6.10 Å². The first-order chi connectivity index (χ1) is 12.6. The summed E-state index contributed by atoms with van der Waals surface area (Å²) in [7, 11) is 3.24. The first-order valence-corrected chi connectivity index (χ1v) is 9.29. The van der Waals surface area contributed by atoms with Crippen molar-refractivity contribution in [2.75, 3.05) is 60.2 Å². The van der Waals surface area contributed by atoms with Gasteiger partial charge in [-0.25, -0.2) is 0 Å². The maximum absolute atomic E-state index is 10.7. The van der Waals surface area contributed by atoms with Crippen LogP contribution < -0.4 is 14.8 Å². The van der Waals surface area contributed by atoms with E-state index in [1.807, 2.05) is 17.0 Å². The van der Waals surface area contributed by atoms with Gasteiger partial charge in [0.1, 0.15) is 17.6 Å². The van der Waals surface area contributed by atoms with Gasteiger partial charge in [-0.3, -0.25) is 4.90 Å². The quantitative estimate of drug-likeness (QED) is 0.725. The number of hydrogen-bond donors (Lipinski definition) is 2. The van der Waals surface area contributed by atoms with E-state index in [0.717, 1.165) is 56.3 Å². The van der Waals surface area contributed by atoms with E-state index >= 15 is 0 Å². The number of aliphatic hydroxyl groups is 1. The van der Waals surface area contributed by atoms with Crippen molar-refractivity contribution in [3.05, 3.63) is 23.3 Å². The molecule has 1 atom stereocenters. The molecule has 0 aliphatic carbocycles. The minimum atomic E-state index is -0.678. The lowest BCUT2D eigenvalue weighted by molar-refractivity contribution is 0.0388. The molecule has 1 saturated heterocycles. The van der Waals surface area contributed by atoms with Crippen molar-refractivity contribution in [1.82, 2.24) is 15.1 Å². The molecule has 144 valence electrons. The van der Waals surface area contributed by atoms with Gasteiger partial charge >= 0.3 is 0 Å². The Morgan fingerprint density at radius 1 is 1.27 bits per heavy atom. The van der Waals surface area contributed by atoms with Gasteiger partial charge in [0, 0.05) is 43.9 Å². The maximum Gasteiger partial charge on any atom is 0.169 e. The predicted octanol–water partition coefficient (Wildman–Crippen LogP) is 0.759. The predicted molar refractivity (Wildman–Crippen MR) is 103 cm³/mol. The number of β-amino-alcohol motifs (C(OH)–C–C–N with tert-alkyl or cyclic N) is 1. The number of benzene rings is 1. The van der Waals surface area contributed by atoms with Gasteiger partial charge in [-0.2, -0.15) is 0 Å². The number of nitrogens with one attached hydrogen (secondary N) is 1. The van der Waals surface area contributed by atoms with Crippen LogP contribution in [0.5, 0.6) is 11.5 Å². The molecule has 0 radical (unpaired) electrons. The zero-order valence-corrected chi connectivity index (χ0v) is 16.2. The lowest BCUT2D eigenvalue weighted by atomic mass is 9.95. The van der Waals surface area contributed by atoms with Crippen molar-refractivity contribution in [2.24, 2.45) is 0 Å². The lowest BCUT2D eigenvalue weighted by Gasteiger charge is -2.36. The molecule has 1 aromatic rings. The zero-order chi connectivity index (χ0) is 18.5. The molecule has 0 bridgehead atoms. The summed E-state index contributed by atoms with van der Waals surface area (Å²) >= 11 is 5.55. The standard InChI is InChI=1S/C18H27N3O4S/c1-23-15-3-4-16(24-2)17-13(15)11-21(12-14(17)22)18(26)19-5-6-20-7-9-25-10-8-20/h3-4,14,22H,5-12H2,1-2H3,(H,19,26)/t14-/m1/s1. The Bertz CT molecular complexity index is 637. The summed E-state index contributed by atoms with van der Waals surface area (Å²) < 4.78 is 16.2. The first-order valence-electron chi connectivity index (χ1n) is 8.88. The highest BCUT2D eigenvalue weighted by Gasteiger charge is 2.30. The van der Waals surface area contributed by atoms with E-state index in [1.165, 1.54) is 0 Å². The Hall–Kier alpha value is -1.61. The average Bonchev–Trinajstić information content (AvgIpc) is 2.67. The molecule has 7 nitrogen and oxygen atoms in total. The first kappa shape index (κ1) is 19.2. The third-order valence-corrected chi connectivity index (χ3v) is 5.29. The molecule has 0 aromatic heterocycles. The van der Waals surface area contributed by atoms with Crippen LogP contribution in [0.1, 0.15) is 17.2 Å². The SMILES string of the molecule is COc1ccc(OC)c2c1CN(C(=S)NCCN1CCOCC1)C[C@H]2O. The van der Waals surface area contributed by atoms with Crippen LogP contribution in [0.3, 0.4) is 0 Å². The molecule has 1 fully saturated rings. The van der Waals surface area contributed by atoms with Crippen molar-refractivity contribution in [1.29, 1.82) is 0 Å². The second-order valence-corrected chi connectivity index (χ2v) is 6.83. The molecule has 2 heterocycles. The van der Waals surface area contributed by atoms with Gasteiger partial charge in [0.2, 0.25) is 0 Å². The van der Waals surface area contributed by atoms with Gasteiger partial charge in [-0.05, 0) is 24.4 Å². The molecule has 2 aliphatic heterocycles. The summed E-state index contributed by atoms with van der Waals surface area (Å²) in [4.78, 5) is 4.33. The molecule has 0 saturated carbocycles. The number of rotatable bonds is 5. The molecular formula is C18H27N3O4S. The van der Waals surface area contributed by atoms with Gasteiger partial charge in [-0.1, -0.05) is 0 Å². The van der Waals surface area contributed by atoms with Crippen molar-refractivity contribution in [2.45, 2.75) is 12.6 Å². The molecule has 2 aliphatic rings. The van der Waals surface area contributed by atoms with Crippen LogP contribution in [0.25, 0.3) is 0 Å². The number of morpholine rings is 1. The summed E-state index contributed by atoms with van der Waals surface area (Å²) in [6, 6.07) is 3.69. The van der Waals surface area contributed by atoms with Gasteiger partial charge in [0.25, 0.3) is 0 Å². The fourth-order valence-corrected chi connectivity index (χ4v) is 3.73. The number of ether oxygens (including phenoxy) is 3. The molecule has 0 spiro atoms. The molecule has 0 amide bonds. The lowest BCUT2D eigenvalue weighted by Crippen LogP contribution is -2.47. The Balaban J connectivity index is 1.63. The van der Waals surface area contributed by atoms with Gasteiger partial charge in [0.15, 0.2) is 5.11 Å². The molecular weight excluding hydrogens is 354 g/mol. The summed E-state index contributed by atoms with van der Waals surface area (Å²) in [6.45, 7) is 6.21. The minimum Gasteiger partial charge on any atom is -0.496 e. The Labute approximate surface area is 159 Å². The highest BCUT2D eigenvalue weighted by atomic mass is 32.1. The molecule has 3 rings (SSSR count). The third kappa shape index (κ3) is 4.20. The van der Waals surface area contributed by atoms with E-state index in [0.29, 0.717) is 24.0 Å². The van der Waals surface area contributed by atoms with Gasteiger partial charge in [-0.15, -0.1) is 0 Å². The molecule has 1 aromatic carbocycles. The third-order valence-electron chi connectivity index (χ3n) is 4.88. The van der Waals surface area contributed by atoms with E-state index in [2.05, 4.69) is 10.2 Å². The number of methoxy groups -OCH3 is 2. The summed E-state index contributed by atoms with van der Waals surface area (Å²) in [6.07, 6.45) is -0.678. The second kappa shape index (κ2) is 8.85. The van der Waals surface area contributed by atoms with Crippen molar-refractivity contribution in [3.8, 4) is 11.5 Å². The maximum atomic E-state index is 10.7. The molecule has 0 unspecified atom stereocenters. The Kier molecular flexibility index (Phi) is 6.53. The largest absolute Gasteiger partial charge is 0.496 e. The molecule has 26 heavy (non-hydrogen) atoms. The van der Waals surface area contributed by atoms with E-state index in [1.54, 1.807) is 14.2 Å². The van der Waals surface area contributed by atoms with Crippen LogP contribution in [0.15, 0.2) is 12.1 Å². The van der Waals surface area contributed by atoms with Crippen molar-refractivity contribution in [3.63, 3.8) is 0 Å². The number of thiocarbonyl (C=S) groups is 1.